The molecule has 90 valence electrons. The second-order valence-corrected chi connectivity index (χ2v) is 4.94. The molecule has 0 aromatic heterocycles. The van der Waals surface area contributed by atoms with Crippen LogP contribution in [0.25, 0.3) is 0 Å². The highest BCUT2D eigenvalue weighted by Crippen LogP contribution is 2.20. The fourth-order valence-corrected chi connectivity index (χ4v) is 2.09. The Morgan fingerprint density at radius 1 is 1.38 bits per heavy atom. The number of unbranched alkanes of at least 4 members (excludes halogenated alkanes) is 2. The molecule has 0 aliphatic carbocycles. The molecule has 3 heteroatoms. The molecule has 0 radical (unpaired) electrons. The van der Waals surface area contributed by atoms with E-state index in [1.807, 2.05) is 0 Å². The van der Waals surface area contributed by atoms with E-state index in [0.717, 1.165) is 35.7 Å². The highest BCUT2D eigenvalue weighted by molar-refractivity contribution is 9.10. The van der Waals surface area contributed by atoms with Crippen molar-refractivity contribution < 1.29 is 9.50 Å². The lowest BCUT2D eigenvalue weighted by Gasteiger charge is -2.11. The summed E-state index contributed by atoms with van der Waals surface area (Å²) in [7, 11) is 0. The summed E-state index contributed by atoms with van der Waals surface area (Å²) in [5, 5.41) is 9.80. The lowest BCUT2D eigenvalue weighted by atomic mass is 10.0. The van der Waals surface area contributed by atoms with Crippen LogP contribution >= 0.6 is 15.9 Å². The van der Waals surface area contributed by atoms with Crippen LogP contribution in [0.4, 0.5) is 4.39 Å². The van der Waals surface area contributed by atoms with E-state index in [1.165, 1.54) is 12.1 Å². The minimum absolute atomic E-state index is 0.251. The number of rotatable bonds is 6. The van der Waals surface area contributed by atoms with Gasteiger partial charge in [-0.05, 0) is 36.6 Å². The molecule has 1 rings (SSSR count). The van der Waals surface area contributed by atoms with Crippen molar-refractivity contribution in [2.75, 3.05) is 0 Å². The Morgan fingerprint density at radius 3 is 2.81 bits per heavy atom. The molecular weight excluding hydrogens is 271 g/mol. The summed E-state index contributed by atoms with van der Waals surface area (Å²) in [6, 6.07) is 4.58. The van der Waals surface area contributed by atoms with Crippen molar-refractivity contribution in [1.82, 2.24) is 0 Å². The van der Waals surface area contributed by atoms with Crippen molar-refractivity contribution in [3.8, 4) is 0 Å². The summed E-state index contributed by atoms with van der Waals surface area (Å²) in [6.07, 6.45) is 4.26. The fraction of sp³-hybridized carbons (Fsp3) is 0.538. The van der Waals surface area contributed by atoms with Gasteiger partial charge in [0.15, 0.2) is 0 Å². The standard InChI is InChI=1S/C13H18BrFO/c1-2-3-4-5-12(16)9-10-8-11(15)6-7-13(10)14/h6-8,12,16H,2-5,9H2,1H3. The Balaban J connectivity index is 2.48. The van der Waals surface area contributed by atoms with Crippen molar-refractivity contribution in [2.24, 2.45) is 0 Å². The first kappa shape index (κ1) is 13.7. The summed E-state index contributed by atoms with van der Waals surface area (Å²) < 4.78 is 13.9. The lowest BCUT2D eigenvalue weighted by molar-refractivity contribution is 0.161. The van der Waals surface area contributed by atoms with Gasteiger partial charge in [0.05, 0.1) is 6.10 Å². The molecule has 1 N–H and O–H groups in total. The molecular formula is C13H18BrFO. The van der Waals surface area contributed by atoms with Crippen molar-refractivity contribution in [2.45, 2.75) is 45.1 Å². The summed E-state index contributed by atoms with van der Waals surface area (Å²) in [6.45, 7) is 2.13. The van der Waals surface area contributed by atoms with E-state index in [-0.39, 0.29) is 11.9 Å². The maximum absolute atomic E-state index is 13.0. The Hall–Kier alpha value is -0.410. The Labute approximate surface area is 105 Å². The van der Waals surface area contributed by atoms with Gasteiger partial charge >= 0.3 is 0 Å². The summed E-state index contributed by atoms with van der Waals surface area (Å²) >= 11 is 3.36. The quantitative estimate of drug-likeness (QED) is 0.783. The number of aliphatic hydroxyl groups is 1. The first-order valence-electron chi connectivity index (χ1n) is 5.75. The molecule has 0 aliphatic rings. The van der Waals surface area contributed by atoms with Crippen LogP contribution in [-0.2, 0) is 6.42 Å². The molecule has 0 fully saturated rings. The molecule has 0 saturated carbocycles. The Kier molecular flexibility index (Phi) is 5.99. The summed E-state index contributed by atoms with van der Waals surface area (Å²) in [5.74, 6) is -0.251. The zero-order valence-corrected chi connectivity index (χ0v) is 11.1. The van der Waals surface area contributed by atoms with Gasteiger partial charge in [-0.1, -0.05) is 42.1 Å². The third-order valence-corrected chi connectivity index (χ3v) is 3.38. The average molecular weight is 289 g/mol. The van der Waals surface area contributed by atoms with Crippen LogP contribution in [0.5, 0.6) is 0 Å². The summed E-state index contributed by atoms with van der Waals surface area (Å²) in [5.41, 5.74) is 0.837. The zero-order valence-electron chi connectivity index (χ0n) is 9.55. The SMILES string of the molecule is CCCCCC(O)Cc1cc(F)ccc1Br. The monoisotopic (exact) mass is 288 g/mol. The average Bonchev–Trinajstić information content (AvgIpc) is 2.24. The molecule has 1 atom stereocenters. The van der Waals surface area contributed by atoms with Gasteiger partial charge in [-0.2, -0.15) is 0 Å². The number of aliphatic hydroxyl groups excluding tert-OH is 1. The molecule has 0 heterocycles. The number of halogens is 2. The highest BCUT2D eigenvalue weighted by Gasteiger charge is 2.08. The van der Waals surface area contributed by atoms with E-state index in [4.69, 9.17) is 0 Å². The van der Waals surface area contributed by atoms with Crippen LogP contribution in [0, 0.1) is 5.82 Å². The molecule has 16 heavy (non-hydrogen) atoms. The minimum atomic E-state index is -0.371. The van der Waals surface area contributed by atoms with E-state index in [1.54, 1.807) is 6.07 Å². The topological polar surface area (TPSA) is 20.2 Å². The molecule has 1 aromatic carbocycles. The third-order valence-electron chi connectivity index (χ3n) is 2.60. The van der Waals surface area contributed by atoms with Crippen LogP contribution in [0.1, 0.15) is 38.2 Å². The molecule has 1 unspecified atom stereocenters. The normalized spacial score (nSPS) is 12.8. The molecule has 1 aromatic rings. The smallest absolute Gasteiger partial charge is 0.123 e. The van der Waals surface area contributed by atoms with E-state index in [9.17, 15) is 9.50 Å². The van der Waals surface area contributed by atoms with E-state index < -0.39 is 0 Å². The van der Waals surface area contributed by atoms with Crippen LogP contribution < -0.4 is 0 Å². The third kappa shape index (κ3) is 4.62. The van der Waals surface area contributed by atoms with Crippen molar-refractivity contribution in [3.05, 3.63) is 34.1 Å². The van der Waals surface area contributed by atoms with Gasteiger partial charge in [-0.25, -0.2) is 4.39 Å². The Bertz CT molecular complexity index is 328. The first-order chi connectivity index (χ1) is 7.63. The molecule has 1 nitrogen and oxygen atoms in total. The predicted molar refractivity (Wildman–Crippen MR) is 68.0 cm³/mol. The van der Waals surface area contributed by atoms with Gasteiger partial charge in [0, 0.05) is 4.47 Å². The maximum atomic E-state index is 13.0. The van der Waals surface area contributed by atoms with E-state index in [0.29, 0.717) is 6.42 Å². The van der Waals surface area contributed by atoms with Gasteiger partial charge in [0.25, 0.3) is 0 Å². The van der Waals surface area contributed by atoms with Gasteiger partial charge in [0.1, 0.15) is 5.82 Å². The molecule has 0 spiro atoms. The molecule has 0 amide bonds. The van der Waals surface area contributed by atoms with Crippen LogP contribution in [0.15, 0.2) is 22.7 Å². The van der Waals surface area contributed by atoms with Gasteiger partial charge in [-0.15, -0.1) is 0 Å². The van der Waals surface area contributed by atoms with Gasteiger partial charge in [-0.3, -0.25) is 0 Å². The van der Waals surface area contributed by atoms with Crippen molar-refractivity contribution in [1.29, 1.82) is 0 Å². The van der Waals surface area contributed by atoms with Crippen LogP contribution in [-0.4, -0.2) is 11.2 Å². The molecule has 0 aliphatic heterocycles. The second-order valence-electron chi connectivity index (χ2n) is 4.09. The molecule has 0 saturated heterocycles. The largest absolute Gasteiger partial charge is 0.393 e. The predicted octanol–water partition coefficient (Wildman–Crippen LogP) is 4.07. The van der Waals surface area contributed by atoms with Gasteiger partial charge < -0.3 is 5.11 Å². The van der Waals surface area contributed by atoms with Gasteiger partial charge in [0.2, 0.25) is 0 Å². The Morgan fingerprint density at radius 2 is 2.12 bits per heavy atom. The maximum Gasteiger partial charge on any atom is 0.123 e. The van der Waals surface area contributed by atoms with Crippen molar-refractivity contribution >= 4 is 15.9 Å². The zero-order chi connectivity index (χ0) is 12.0. The summed E-state index contributed by atoms with van der Waals surface area (Å²) in [4.78, 5) is 0. The fourth-order valence-electron chi connectivity index (χ4n) is 1.69. The second kappa shape index (κ2) is 7.02. The van der Waals surface area contributed by atoms with Crippen molar-refractivity contribution in [3.63, 3.8) is 0 Å². The van der Waals surface area contributed by atoms with E-state index in [2.05, 4.69) is 22.9 Å². The number of hydrogen-bond acceptors (Lipinski definition) is 1. The highest BCUT2D eigenvalue weighted by atomic mass is 79.9. The minimum Gasteiger partial charge on any atom is -0.393 e. The van der Waals surface area contributed by atoms with Crippen LogP contribution in [0.2, 0.25) is 0 Å². The van der Waals surface area contributed by atoms with E-state index >= 15 is 0 Å². The number of hydrogen-bond donors (Lipinski definition) is 1. The first-order valence-corrected chi connectivity index (χ1v) is 6.54. The lowest BCUT2D eigenvalue weighted by Crippen LogP contribution is -2.10. The number of benzene rings is 1. The van der Waals surface area contributed by atoms with Crippen LogP contribution in [0.3, 0.4) is 0 Å². The molecule has 0 bridgehead atoms.